The number of hydrogen-bond donors (Lipinski definition) is 2. The van der Waals surface area contributed by atoms with Crippen molar-refractivity contribution in [2.45, 2.75) is 12.8 Å². The summed E-state index contributed by atoms with van der Waals surface area (Å²) in [5, 5.41) is 16.6. The van der Waals surface area contributed by atoms with E-state index in [-0.39, 0.29) is 5.82 Å². The third-order valence-corrected chi connectivity index (χ3v) is 3.99. The van der Waals surface area contributed by atoms with E-state index in [4.69, 9.17) is 5.73 Å². The minimum Gasteiger partial charge on any atom is -0.383 e. The lowest BCUT2D eigenvalue weighted by Gasteiger charge is -2.20. The Bertz CT molecular complexity index is 904. The largest absolute Gasteiger partial charge is 0.383 e. The Morgan fingerprint density at radius 3 is 2.82 bits per heavy atom. The highest BCUT2D eigenvalue weighted by Crippen LogP contribution is 2.40. The number of aromatic amines is 1. The predicted octanol–water partition coefficient (Wildman–Crippen LogP) is 2.09. The van der Waals surface area contributed by atoms with Crippen molar-refractivity contribution in [3.63, 3.8) is 0 Å². The lowest BCUT2D eigenvalue weighted by atomic mass is 9.86. The molecular weight excluding hydrogens is 276 g/mol. The van der Waals surface area contributed by atoms with E-state index in [2.05, 4.69) is 26.2 Å². The van der Waals surface area contributed by atoms with Crippen LogP contribution < -0.4 is 5.73 Å². The highest BCUT2D eigenvalue weighted by atomic mass is 15.1. The normalized spacial score (nSPS) is 12.3. The van der Waals surface area contributed by atoms with Crippen LogP contribution in [0.3, 0.4) is 0 Å². The fourth-order valence-electron chi connectivity index (χ4n) is 3.01. The first-order valence-corrected chi connectivity index (χ1v) is 6.95. The van der Waals surface area contributed by atoms with Gasteiger partial charge in [-0.1, -0.05) is 0 Å². The van der Waals surface area contributed by atoms with Crippen LogP contribution in [-0.4, -0.2) is 20.2 Å². The number of hydrogen-bond acceptors (Lipinski definition) is 5. The van der Waals surface area contributed by atoms with Gasteiger partial charge in [-0.05, 0) is 36.1 Å². The van der Waals surface area contributed by atoms with Crippen LogP contribution in [0.15, 0.2) is 30.7 Å². The highest BCUT2D eigenvalue weighted by molar-refractivity contribution is 5.85. The standard InChI is InChI=1S/C16H12N6/c17-7-11-14(9-3-5-19-6-4-9)10-1-2-13-12(8-20-22-13)15(10)21-16(11)18/h3-6,8H,1-2H2,(H2,18,21)(H,20,22). The van der Waals surface area contributed by atoms with Gasteiger partial charge in [-0.3, -0.25) is 10.1 Å². The van der Waals surface area contributed by atoms with Crippen LogP contribution in [0.25, 0.3) is 22.4 Å². The van der Waals surface area contributed by atoms with Gasteiger partial charge in [-0.2, -0.15) is 10.4 Å². The third-order valence-electron chi connectivity index (χ3n) is 3.99. The van der Waals surface area contributed by atoms with E-state index in [1.54, 1.807) is 12.4 Å². The lowest BCUT2D eigenvalue weighted by molar-refractivity contribution is 0.876. The number of H-pyrrole nitrogens is 1. The van der Waals surface area contributed by atoms with Gasteiger partial charge in [0.05, 0.1) is 11.4 Å². The fourth-order valence-corrected chi connectivity index (χ4v) is 3.01. The molecule has 6 heteroatoms. The van der Waals surface area contributed by atoms with Crippen LogP contribution in [0.1, 0.15) is 16.8 Å². The van der Waals surface area contributed by atoms with Gasteiger partial charge in [0.2, 0.25) is 0 Å². The van der Waals surface area contributed by atoms with Gasteiger partial charge in [-0.25, -0.2) is 4.98 Å². The Balaban J connectivity index is 2.09. The molecule has 0 aromatic carbocycles. The molecule has 0 saturated heterocycles. The lowest BCUT2D eigenvalue weighted by Crippen LogP contribution is -2.11. The van der Waals surface area contributed by atoms with Gasteiger partial charge in [0.1, 0.15) is 17.5 Å². The number of nitrogens with two attached hydrogens (primary N) is 1. The molecule has 0 unspecified atom stereocenters. The molecule has 1 aliphatic carbocycles. The number of fused-ring (bicyclic) bond motifs is 3. The van der Waals surface area contributed by atoms with E-state index in [1.165, 1.54) is 0 Å². The van der Waals surface area contributed by atoms with Crippen molar-refractivity contribution in [3.05, 3.63) is 47.5 Å². The number of nitrogen functional groups attached to an aromatic ring is 1. The quantitative estimate of drug-likeness (QED) is 0.713. The molecule has 0 saturated carbocycles. The zero-order valence-electron chi connectivity index (χ0n) is 11.7. The smallest absolute Gasteiger partial charge is 0.142 e. The van der Waals surface area contributed by atoms with Crippen molar-refractivity contribution in [1.29, 1.82) is 5.26 Å². The maximum Gasteiger partial charge on any atom is 0.142 e. The van der Waals surface area contributed by atoms with E-state index >= 15 is 0 Å². The molecule has 22 heavy (non-hydrogen) atoms. The summed E-state index contributed by atoms with van der Waals surface area (Å²) in [5.74, 6) is 0.252. The number of rotatable bonds is 1. The fraction of sp³-hybridized carbons (Fsp3) is 0.125. The molecule has 3 aromatic heterocycles. The van der Waals surface area contributed by atoms with Crippen molar-refractivity contribution >= 4 is 5.82 Å². The number of aryl methyl sites for hydroxylation is 1. The van der Waals surface area contributed by atoms with E-state index < -0.39 is 0 Å². The molecule has 0 radical (unpaired) electrons. The third kappa shape index (κ3) is 1.69. The Labute approximate surface area is 126 Å². The summed E-state index contributed by atoms with van der Waals surface area (Å²) in [6.07, 6.45) is 6.87. The number of pyridine rings is 2. The highest BCUT2D eigenvalue weighted by Gasteiger charge is 2.26. The average Bonchev–Trinajstić information content (AvgIpc) is 3.03. The van der Waals surface area contributed by atoms with Gasteiger partial charge in [-0.15, -0.1) is 0 Å². The zero-order chi connectivity index (χ0) is 15.1. The van der Waals surface area contributed by atoms with Crippen molar-refractivity contribution in [1.82, 2.24) is 20.2 Å². The van der Waals surface area contributed by atoms with E-state index in [9.17, 15) is 5.26 Å². The molecule has 106 valence electrons. The minimum atomic E-state index is 0.252. The second kappa shape index (κ2) is 4.67. The topological polar surface area (TPSA) is 104 Å². The van der Waals surface area contributed by atoms with E-state index in [0.29, 0.717) is 5.56 Å². The first-order chi connectivity index (χ1) is 10.8. The van der Waals surface area contributed by atoms with Gasteiger partial charge in [0.25, 0.3) is 0 Å². The molecule has 3 aromatic rings. The Morgan fingerprint density at radius 2 is 2.05 bits per heavy atom. The number of nitrogens with one attached hydrogen (secondary N) is 1. The first kappa shape index (κ1) is 12.5. The van der Waals surface area contributed by atoms with Gasteiger partial charge in [0.15, 0.2) is 0 Å². The summed E-state index contributed by atoms with van der Waals surface area (Å²) in [4.78, 5) is 8.51. The van der Waals surface area contributed by atoms with Crippen LogP contribution >= 0.6 is 0 Å². The molecule has 0 atom stereocenters. The number of nitriles is 1. The molecule has 0 bridgehead atoms. The average molecular weight is 288 g/mol. The molecule has 1 aliphatic rings. The van der Waals surface area contributed by atoms with Gasteiger partial charge in [0, 0.05) is 29.7 Å². The minimum absolute atomic E-state index is 0.252. The first-order valence-electron chi connectivity index (χ1n) is 6.95. The molecule has 6 nitrogen and oxygen atoms in total. The summed E-state index contributed by atoms with van der Waals surface area (Å²) in [6, 6.07) is 5.98. The Hall–Kier alpha value is -3.20. The summed E-state index contributed by atoms with van der Waals surface area (Å²) in [5.41, 5.74) is 12.1. The van der Waals surface area contributed by atoms with Crippen molar-refractivity contribution in [3.8, 4) is 28.5 Å². The number of nitrogens with zero attached hydrogens (tertiary/aromatic N) is 4. The van der Waals surface area contributed by atoms with Crippen molar-refractivity contribution in [2.24, 2.45) is 0 Å². The Morgan fingerprint density at radius 1 is 1.23 bits per heavy atom. The zero-order valence-corrected chi connectivity index (χ0v) is 11.7. The Kier molecular flexibility index (Phi) is 2.66. The second-order valence-corrected chi connectivity index (χ2v) is 5.17. The molecule has 4 rings (SSSR count). The summed E-state index contributed by atoms with van der Waals surface area (Å²) in [6.45, 7) is 0. The van der Waals surface area contributed by atoms with Crippen LogP contribution in [0.2, 0.25) is 0 Å². The molecule has 0 spiro atoms. The summed E-state index contributed by atoms with van der Waals surface area (Å²) < 4.78 is 0. The van der Waals surface area contributed by atoms with Crippen molar-refractivity contribution in [2.75, 3.05) is 5.73 Å². The monoisotopic (exact) mass is 288 g/mol. The van der Waals surface area contributed by atoms with Crippen LogP contribution in [0.5, 0.6) is 0 Å². The van der Waals surface area contributed by atoms with Crippen LogP contribution in [0, 0.1) is 11.3 Å². The maximum atomic E-state index is 9.51. The SMILES string of the molecule is N#Cc1c(N)nc2c(c1-c1ccncc1)CCc1n[nH]cc1-2. The number of anilines is 1. The van der Waals surface area contributed by atoms with Crippen LogP contribution in [0.4, 0.5) is 5.82 Å². The summed E-state index contributed by atoms with van der Waals surface area (Å²) in [7, 11) is 0. The van der Waals surface area contributed by atoms with E-state index in [0.717, 1.165) is 46.5 Å². The molecule has 3 heterocycles. The predicted molar refractivity (Wildman–Crippen MR) is 81.6 cm³/mol. The number of aromatic nitrogens is 4. The van der Waals surface area contributed by atoms with Gasteiger partial charge < -0.3 is 5.73 Å². The molecule has 3 N–H and O–H groups in total. The van der Waals surface area contributed by atoms with Gasteiger partial charge >= 0.3 is 0 Å². The maximum absolute atomic E-state index is 9.51. The van der Waals surface area contributed by atoms with Crippen LogP contribution in [-0.2, 0) is 12.8 Å². The van der Waals surface area contributed by atoms with E-state index in [1.807, 2.05) is 18.3 Å². The summed E-state index contributed by atoms with van der Waals surface area (Å²) >= 11 is 0. The molecule has 0 amide bonds. The molecule has 0 fully saturated rings. The molecular formula is C16H12N6. The van der Waals surface area contributed by atoms with Crippen molar-refractivity contribution < 1.29 is 0 Å². The second-order valence-electron chi connectivity index (χ2n) is 5.17. The molecule has 0 aliphatic heterocycles.